The topological polar surface area (TPSA) is 70.3 Å². The third-order valence-electron chi connectivity index (χ3n) is 3.77. The molecule has 3 N–H and O–H groups in total. The highest BCUT2D eigenvalue weighted by Gasteiger charge is 2.17. The molecule has 0 radical (unpaired) electrons. The van der Waals surface area contributed by atoms with E-state index in [1.807, 2.05) is 12.1 Å². The van der Waals surface area contributed by atoms with Crippen molar-refractivity contribution in [3.63, 3.8) is 0 Å². The molecular formula is C14H20N6S. The molecule has 1 saturated heterocycles. The molecular weight excluding hydrogens is 284 g/mol. The highest BCUT2D eigenvalue weighted by molar-refractivity contribution is 7.13. The largest absolute Gasteiger partial charge is 0.307 e. The van der Waals surface area contributed by atoms with E-state index >= 15 is 0 Å². The third-order valence-corrected chi connectivity index (χ3v) is 4.64. The van der Waals surface area contributed by atoms with Gasteiger partial charge in [-0.05, 0) is 30.1 Å². The standard InChI is InChI=1S/C14H20N6S/c1-19-4-6-20(7-5-19)10-11-9-13(16-15)17-18-14(11)12-3-2-8-21-12/h2-3,8-9H,4-7,10,15H2,1H3,(H,16,17). The number of rotatable bonds is 4. The minimum atomic E-state index is 0.611. The minimum absolute atomic E-state index is 0.611. The molecule has 7 heteroatoms. The molecule has 0 aliphatic carbocycles. The molecule has 0 spiro atoms. The highest BCUT2D eigenvalue weighted by atomic mass is 32.1. The van der Waals surface area contributed by atoms with Gasteiger partial charge in [0, 0.05) is 32.7 Å². The summed E-state index contributed by atoms with van der Waals surface area (Å²) in [4.78, 5) is 5.96. The van der Waals surface area contributed by atoms with Gasteiger partial charge in [-0.15, -0.1) is 21.5 Å². The van der Waals surface area contributed by atoms with Gasteiger partial charge in [-0.3, -0.25) is 4.90 Å². The van der Waals surface area contributed by atoms with Crippen molar-refractivity contribution in [2.75, 3.05) is 38.7 Å². The number of nitrogen functional groups attached to an aromatic ring is 1. The lowest BCUT2D eigenvalue weighted by atomic mass is 10.1. The lowest BCUT2D eigenvalue weighted by Gasteiger charge is -2.32. The summed E-state index contributed by atoms with van der Waals surface area (Å²) in [7, 11) is 2.17. The van der Waals surface area contributed by atoms with Gasteiger partial charge in [0.1, 0.15) is 5.69 Å². The summed E-state index contributed by atoms with van der Waals surface area (Å²) >= 11 is 1.69. The normalized spacial score (nSPS) is 17.0. The second-order valence-electron chi connectivity index (χ2n) is 5.30. The summed E-state index contributed by atoms with van der Waals surface area (Å²) in [6.07, 6.45) is 0. The van der Waals surface area contributed by atoms with Crippen molar-refractivity contribution >= 4 is 17.2 Å². The van der Waals surface area contributed by atoms with Crippen molar-refractivity contribution in [1.82, 2.24) is 20.0 Å². The van der Waals surface area contributed by atoms with Crippen molar-refractivity contribution < 1.29 is 0 Å². The molecule has 21 heavy (non-hydrogen) atoms. The predicted molar refractivity (Wildman–Crippen MR) is 85.9 cm³/mol. The first kappa shape index (κ1) is 14.4. The average Bonchev–Trinajstić information content (AvgIpc) is 3.03. The fourth-order valence-electron chi connectivity index (χ4n) is 2.49. The number of thiophene rings is 1. The monoisotopic (exact) mass is 304 g/mol. The van der Waals surface area contributed by atoms with E-state index in [1.165, 1.54) is 5.56 Å². The number of anilines is 1. The number of nitrogens with zero attached hydrogens (tertiary/aromatic N) is 4. The molecule has 1 fully saturated rings. The van der Waals surface area contributed by atoms with E-state index in [-0.39, 0.29) is 0 Å². The predicted octanol–water partition coefficient (Wildman–Crippen LogP) is 1.24. The van der Waals surface area contributed by atoms with E-state index < -0.39 is 0 Å². The summed E-state index contributed by atoms with van der Waals surface area (Å²) in [6.45, 7) is 5.25. The van der Waals surface area contributed by atoms with E-state index in [2.05, 4.69) is 43.9 Å². The molecule has 112 valence electrons. The summed E-state index contributed by atoms with van der Waals surface area (Å²) in [5.74, 6) is 6.08. The molecule has 3 rings (SSSR count). The van der Waals surface area contributed by atoms with E-state index in [0.29, 0.717) is 5.82 Å². The zero-order valence-electron chi connectivity index (χ0n) is 12.1. The number of aromatic nitrogens is 2. The van der Waals surface area contributed by atoms with Gasteiger partial charge in [-0.1, -0.05) is 6.07 Å². The Bertz CT molecular complexity index is 577. The Balaban J connectivity index is 1.84. The van der Waals surface area contributed by atoms with Gasteiger partial charge in [0.25, 0.3) is 0 Å². The fraction of sp³-hybridized carbons (Fsp3) is 0.429. The Morgan fingerprint density at radius 3 is 2.76 bits per heavy atom. The maximum absolute atomic E-state index is 5.47. The van der Waals surface area contributed by atoms with Crippen LogP contribution in [0.2, 0.25) is 0 Å². The number of hydrogen-bond donors (Lipinski definition) is 2. The molecule has 6 nitrogen and oxygen atoms in total. The van der Waals surface area contributed by atoms with Gasteiger partial charge in [-0.25, -0.2) is 5.84 Å². The van der Waals surface area contributed by atoms with E-state index in [1.54, 1.807) is 11.3 Å². The van der Waals surface area contributed by atoms with Crippen molar-refractivity contribution in [1.29, 1.82) is 0 Å². The molecule has 0 amide bonds. The molecule has 0 saturated carbocycles. The van der Waals surface area contributed by atoms with Crippen LogP contribution in [0.5, 0.6) is 0 Å². The quantitative estimate of drug-likeness (QED) is 0.654. The zero-order valence-corrected chi connectivity index (χ0v) is 12.9. The number of hydrazine groups is 1. The maximum Gasteiger partial charge on any atom is 0.162 e. The second kappa shape index (κ2) is 6.48. The summed E-state index contributed by atoms with van der Waals surface area (Å²) < 4.78 is 0. The number of likely N-dealkylation sites (N-methyl/N-ethyl adjacent to an activating group) is 1. The SMILES string of the molecule is CN1CCN(Cc2cc(NN)nnc2-c2cccs2)CC1. The van der Waals surface area contributed by atoms with E-state index in [9.17, 15) is 0 Å². The van der Waals surface area contributed by atoms with Gasteiger partial charge in [0.2, 0.25) is 0 Å². The summed E-state index contributed by atoms with van der Waals surface area (Å²) in [5, 5.41) is 10.5. The lowest BCUT2D eigenvalue weighted by Crippen LogP contribution is -2.44. The Morgan fingerprint density at radius 2 is 2.10 bits per heavy atom. The Kier molecular flexibility index (Phi) is 4.45. The van der Waals surface area contributed by atoms with Crippen molar-refractivity contribution in [3.05, 3.63) is 29.1 Å². The van der Waals surface area contributed by atoms with Crippen LogP contribution in [-0.2, 0) is 6.54 Å². The van der Waals surface area contributed by atoms with Crippen LogP contribution in [0.3, 0.4) is 0 Å². The van der Waals surface area contributed by atoms with Gasteiger partial charge in [-0.2, -0.15) is 0 Å². The van der Waals surface area contributed by atoms with Gasteiger partial charge < -0.3 is 10.3 Å². The fourth-order valence-corrected chi connectivity index (χ4v) is 3.23. The first-order chi connectivity index (χ1) is 10.3. The van der Waals surface area contributed by atoms with Crippen LogP contribution in [0.15, 0.2) is 23.6 Å². The number of hydrogen-bond acceptors (Lipinski definition) is 7. The Morgan fingerprint density at radius 1 is 1.29 bits per heavy atom. The molecule has 2 aromatic rings. The first-order valence-corrected chi connectivity index (χ1v) is 7.92. The molecule has 0 unspecified atom stereocenters. The van der Waals surface area contributed by atoms with Crippen molar-refractivity contribution in [2.24, 2.45) is 5.84 Å². The lowest BCUT2D eigenvalue weighted by molar-refractivity contribution is 0.148. The van der Waals surface area contributed by atoms with Crippen LogP contribution < -0.4 is 11.3 Å². The van der Waals surface area contributed by atoms with Crippen LogP contribution in [0.1, 0.15) is 5.56 Å². The number of nitrogens with two attached hydrogens (primary N) is 1. The highest BCUT2D eigenvalue weighted by Crippen LogP contribution is 2.27. The molecule has 2 aromatic heterocycles. The van der Waals surface area contributed by atoms with E-state index in [4.69, 9.17) is 5.84 Å². The number of piperazine rings is 1. The van der Waals surface area contributed by atoms with Crippen LogP contribution in [-0.4, -0.2) is 53.2 Å². The second-order valence-corrected chi connectivity index (χ2v) is 6.25. The van der Waals surface area contributed by atoms with Gasteiger partial charge >= 0.3 is 0 Å². The average molecular weight is 304 g/mol. The first-order valence-electron chi connectivity index (χ1n) is 7.04. The van der Waals surface area contributed by atoms with Crippen LogP contribution in [0.25, 0.3) is 10.6 Å². The van der Waals surface area contributed by atoms with Crippen LogP contribution >= 0.6 is 11.3 Å². The molecule has 1 aliphatic heterocycles. The van der Waals surface area contributed by atoms with E-state index in [0.717, 1.165) is 43.3 Å². The Labute approximate surface area is 128 Å². The molecule has 3 heterocycles. The molecule has 1 aliphatic rings. The Hall–Kier alpha value is -1.54. The minimum Gasteiger partial charge on any atom is -0.307 e. The van der Waals surface area contributed by atoms with Crippen molar-refractivity contribution in [3.8, 4) is 10.6 Å². The van der Waals surface area contributed by atoms with Crippen molar-refractivity contribution in [2.45, 2.75) is 6.54 Å². The molecule has 0 atom stereocenters. The molecule has 0 aromatic carbocycles. The number of nitrogens with one attached hydrogen (secondary N) is 1. The third kappa shape index (κ3) is 3.38. The smallest absolute Gasteiger partial charge is 0.162 e. The zero-order chi connectivity index (χ0) is 14.7. The summed E-state index contributed by atoms with van der Waals surface area (Å²) in [5.41, 5.74) is 4.72. The molecule has 0 bridgehead atoms. The van der Waals surface area contributed by atoms with Gasteiger partial charge in [0.15, 0.2) is 5.82 Å². The van der Waals surface area contributed by atoms with Crippen LogP contribution in [0.4, 0.5) is 5.82 Å². The maximum atomic E-state index is 5.47. The summed E-state index contributed by atoms with van der Waals surface area (Å²) in [6, 6.07) is 6.12. The van der Waals surface area contributed by atoms with Gasteiger partial charge in [0.05, 0.1) is 4.88 Å². The van der Waals surface area contributed by atoms with Crippen LogP contribution in [0, 0.1) is 0 Å².